The molecule has 1 amide bonds. The lowest BCUT2D eigenvalue weighted by molar-refractivity contribution is -0.235. The maximum Gasteiger partial charge on any atom is 0.255 e. The van der Waals surface area contributed by atoms with Crippen LogP contribution in [0, 0.1) is 5.82 Å². The van der Waals surface area contributed by atoms with E-state index in [9.17, 15) is 24.5 Å². The summed E-state index contributed by atoms with van der Waals surface area (Å²) in [5, 5.41) is 39.9. The summed E-state index contributed by atoms with van der Waals surface area (Å²) in [5.41, 5.74) is 1.00. The summed E-state index contributed by atoms with van der Waals surface area (Å²) in [6.07, 6.45) is -3.78. The van der Waals surface area contributed by atoms with Gasteiger partial charge in [-0.1, -0.05) is 17.3 Å². The van der Waals surface area contributed by atoms with E-state index in [0.29, 0.717) is 22.8 Å². The SMILES string of the molecule is COc1ccc(C(=O)N(C)[C@@H]2OC(CO)[C@H](O)C(n3cc(-c4cccc(F)c4)nn3)C2O)cc1OC. The molecule has 0 bridgehead atoms. The largest absolute Gasteiger partial charge is 0.493 e. The molecule has 1 aliphatic rings. The zero-order valence-electron chi connectivity index (χ0n) is 19.9. The summed E-state index contributed by atoms with van der Waals surface area (Å²) in [6.45, 7) is -0.579. The number of halogens is 1. The van der Waals surface area contributed by atoms with Crippen LogP contribution in [0.2, 0.25) is 0 Å². The minimum absolute atomic E-state index is 0.239. The highest BCUT2D eigenvalue weighted by Gasteiger charge is 2.48. The molecule has 0 radical (unpaired) electrons. The van der Waals surface area contributed by atoms with Gasteiger partial charge in [-0.15, -0.1) is 5.10 Å². The maximum absolute atomic E-state index is 13.6. The van der Waals surface area contributed by atoms with Crippen LogP contribution in [-0.2, 0) is 4.74 Å². The highest BCUT2D eigenvalue weighted by Crippen LogP contribution is 2.33. The fourth-order valence-corrected chi connectivity index (χ4v) is 4.21. The molecular formula is C24H27FN4O7. The van der Waals surface area contributed by atoms with Crippen LogP contribution in [0.5, 0.6) is 11.5 Å². The molecule has 1 aromatic heterocycles. The third kappa shape index (κ3) is 4.75. The molecule has 192 valence electrons. The van der Waals surface area contributed by atoms with Crippen molar-refractivity contribution in [1.82, 2.24) is 19.9 Å². The van der Waals surface area contributed by atoms with Crippen LogP contribution in [0.15, 0.2) is 48.7 Å². The average Bonchev–Trinajstić information content (AvgIpc) is 3.37. The summed E-state index contributed by atoms with van der Waals surface area (Å²) in [5.74, 6) is -0.180. The smallest absolute Gasteiger partial charge is 0.255 e. The number of hydrogen-bond acceptors (Lipinski definition) is 9. The van der Waals surface area contributed by atoms with Crippen LogP contribution in [0.25, 0.3) is 11.3 Å². The third-order valence-electron chi connectivity index (χ3n) is 6.14. The van der Waals surface area contributed by atoms with Gasteiger partial charge in [0.15, 0.2) is 17.7 Å². The van der Waals surface area contributed by atoms with E-state index in [2.05, 4.69) is 10.3 Å². The number of likely N-dealkylation sites (N-methyl/N-ethyl adjacent to an activating group) is 1. The summed E-state index contributed by atoms with van der Waals surface area (Å²) in [7, 11) is 4.34. The molecule has 0 aliphatic carbocycles. The molecule has 3 N–H and O–H groups in total. The number of benzene rings is 2. The maximum atomic E-state index is 13.6. The number of methoxy groups -OCH3 is 2. The number of aliphatic hydroxyl groups is 3. The minimum atomic E-state index is -1.46. The molecular weight excluding hydrogens is 475 g/mol. The number of amides is 1. The summed E-state index contributed by atoms with van der Waals surface area (Å²) in [4.78, 5) is 14.4. The molecule has 1 saturated heterocycles. The summed E-state index contributed by atoms with van der Waals surface area (Å²) >= 11 is 0. The van der Waals surface area contributed by atoms with Crippen molar-refractivity contribution < 1.29 is 38.7 Å². The molecule has 1 fully saturated rings. The van der Waals surface area contributed by atoms with Crippen LogP contribution in [-0.4, -0.2) is 93.5 Å². The lowest BCUT2D eigenvalue weighted by Gasteiger charge is -2.45. The van der Waals surface area contributed by atoms with Crippen LogP contribution < -0.4 is 9.47 Å². The number of rotatable bonds is 7. The van der Waals surface area contributed by atoms with E-state index < -0.39 is 48.9 Å². The van der Waals surface area contributed by atoms with Gasteiger partial charge in [-0.25, -0.2) is 9.07 Å². The highest BCUT2D eigenvalue weighted by molar-refractivity contribution is 5.95. The molecule has 0 spiro atoms. The highest BCUT2D eigenvalue weighted by atomic mass is 19.1. The van der Waals surface area contributed by atoms with Crippen molar-refractivity contribution in [3.05, 3.63) is 60.0 Å². The molecule has 12 heteroatoms. The van der Waals surface area contributed by atoms with Crippen LogP contribution in [0.3, 0.4) is 0 Å². The molecule has 0 saturated carbocycles. The standard InChI is InChI=1S/C24H27FN4O7/c1-28(23(33)14-7-8-17(34-2)18(10-14)35-3)24-22(32)20(21(31)19(12-30)36-24)29-11-16(26-27-29)13-5-4-6-15(25)9-13/h4-11,19-22,24,30-32H,12H2,1-3H3/t19?,20?,21-,22?,24+/m0/s1. The van der Waals surface area contributed by atoms with E-state index in [-0.39, 0.29) is 5.56 Å². The van der Waals surface area contributed by atoms with Crippen LogP contribution in [0.1, 0.15) is 16.4 Å². The first-order valence-corrected chi connectivity index (χ1v) is 11.1. The van der Waals surface area contributed by atoms with Gasteiger partial charge >= 0.3 is 0 Å². The summed E-state index contributed by atoms with van der Waals surface area (Å²) < 4.78 is 31.0. The normalized spacial score (nSPS) is 23.8. The third-order valence-corrected chi connectivity index (χ3v) is 6.14. The van der Waals surface area contributed by atoms with E-state index in [1.54, 1.807) is 12.1 Å². The van der Waals surface area contributed by atoms with E-state index in [1.165, 1.54) is 62.5 Å². The van der Waals surface area contributed by atoms with Gasteiger partial charge in [0.25, 0.3) is 5.91 Å². The topological polar surface area (TPSA) is 139 Å². The molecule has 11 nitrogen and oxygen atoms in total. The zero-order chi connectivity index (χ0) is 26.0. The molecule has 2 heterocycles. The number of ether oxygens (including phenoxy) is 3. The van der Waals surface area contributed by atoms with Crippen molar-refractivity contribution in [3.63, 3.8) is 0 Å². The zero-order valence-corrected chi connectivity index (χ0v) is 19.9. The minimum Gasteiger partial charge on any atom is -0.493 e. The molecule has 3 aromatic rings. The van der Waals surface area contributed by atoms with E-state index >= 15 is 0 Å². The molecule has 3 unspecified atom stereocenters. The first-order chi connectivity index (χ1) is 17.3. The Morgan fingerprint density at radius 3 is 2.56 bits per heavy atom. The Hall–Kier alpha value is -3.58. The van der Waals surface area contributed by atoms with Crippen molar-refractivity contribution in [2.24, 2.45) is 0 Å². The predicted molar refractivity (Wildman–Crippen MR) is 124 cm³/mol. The molecule has 36 heavy (non-hydrogen) atoms. The van der Waals surface area contributed by atoms with Gasteiger partial charge in [-0.2, -0.15) is 0 Å². The number of carbonyl (C=O) groups is 1. The van der Waals surface area contributed by atoms with Gasteiger partial charge in [0.1, 0.15) is 35.9 Å². The average molecular weight is 502 g/mol. The fourth-order valence-electron chi connectivity index (χ4n) is 4.21. The van der Waals surface area contributed by atoms with Gasteiger partial charge in [0.05, 0.1) is 27.0 Å². The Balaban J connectivity index is 1.63. The quantitative estimate of drug-likeness (QED) is 0.429. The van der Waals surface area contributed by atoms with Crippen molar-refractivity contribution in [1.29, 1.82) is 0 Å². The van der Waals surface area contributed by atoms with Crippen LogP contribution >= 0.6 is 0 Å². The predicted octanol–water partition coefficient (Wildman–Crippen LogP) is 0.854. The summed E-state index contributed by atoms with van der Waals surface area (Å²) in [6, 6.07) is 9.21. The number of hydrogen-bond donors (Lipinski definition) is 3. The van der Waals surface area contributed by atoms with E-state index in [1.807, 2.05) is 0 Å². The molecule has 2 aromatic carbocycles. The van der Waals surface area contributed by atoms with Crippen molar-refractivity contribution in [2.75, 3.05) is 27.9 Å². The lowest BCUT2D eigenvalue weighted by Crippen LogP contribution is -2.61. The molecule has 4 rings (SSSR count). The van der Waals surface area contributed by atoms with Gasteiger partial charge in [0.2, 0.25) is 0 Å². The fraction of sp³-hybridized carbons (Fsp3) is 0.375. The Morgan fingerprint density at radius 1 is 1.14 bits per heavy atom. The van der Waals surface area contributed by atoms with Gasteiger partial charge in [-0.05, 0) is 30.3 Å². The van der Waals surface area contributed by atoms with Crippen molar-refractivity contribution in [3.8, 4) is 22.8 Å². The van der Waals surface area contributed by atoms with Gasteiger partial charge < -0.3 is 34.4 Å². The number of carbonyl (C=O) groups excluding carboxylic acids is 1. The second-order valence-corrected chi connectivity index (χ2v) is 8.30. The number of aliphatic hydroxyl groups excluding tert-OH is 3. The Bertz CT molecular complexity index is 1220. The number of nitrogens with zero attached hydrogens (tertiary/aromatic N) is 4. The van der Waals surface area contributed by atoms with Gasteiger partial charge in [-0.3, -0.25) is 4.79 Å². The Labute approximate surface area is 206 Å². The second-order valence-electron chi connectivity index (χ2n) is 8.30. The number of aromatic nitrogens is 3. The first kappa shape index (κ1) is 25.5. The molecule has 1 aliphatic heterocycles. The second kappa shape index (κ2) is 10.6. The first-order valence-electron chi connectivity index (χ1n) is 11.1. The Kier molecular flexibility index (Phi) is 7.50. The van der Waals surface area contributed by atoms with Crippen LogP contribution in [0.4, 0.5) is 4.39 Å². The van der Waals surface area contributed by atoms with E-state index in [4.69, 9.17) is 14.2 Å². The molecule has 5 atom stereocenters. The van der Waals surface area contributed by atoms with Gasteiger partial charge in [0, 0.05) is 18.2 Å². The lowest BCUT2D eigenvalue weighted by atomic mass is 9.94. The van der Waals surface area contributed by atoms with E-state index in [0.717, 1.165) is 4.90 Å². The monoisotopic (exact) mass is 502 g/mol. The Morgan fingerprint density at radius 2 is 1.89 bits per heavy atom. The van der Waals surface area contributed by atoms with Crippen molar-refractivity contribution in [2.45, 2.75) is 30.6 Å². The van der Waals surface area contributed by atoms with Crippen molar-refractivity contribution >= 4 is 5.91 Å².